The fraction of sp³-hybridized carbons (Fsp3) is 0.161. The van der Waals surface area contributed by atoms with Crippen molar-refractivity contribution in [2.45, 2.75) is 20.1 Å². The molecule has 1 heterocycles. The Morgan fingerprint density at radius 3 is 2.50 bits per heavy atom. The number of thioether (sulfide) groups is 1. The Bertz CT molecular complexity index is 1510. The molecule has 1 aliphatic rings. The molecule has 0 aromatic heterocycles. The van der Waals surface area contributed by atoms with Crippen molar-refractivity contribution in [2.24, 2.45) is 0 Å². The summed E-state index contributed by atoms with van der Waals surface area (Å²) in [5.41, 5.74) is 2.93. The number of hydrogen-bond acceptors (Lipinski definition) is 6. The lowest BCUT2D eigenvalue weighted by Crippen LogP contribution is -2.27. The monoisotopic (exact) mass is 541 g/mol. The van der Waals surface area contributed by atoms with E-state index in [-0.39, 0.29) is 5.91 Å². The molecule has 4 aromatic carbocycles. The molecule has 0 aliphatic carbocycles. The highest BCUT2D eigenvalue weighted by Crippen LogP contribution is 2.36. The summed E-state index contributed by atoms with van der Waals surface area (Å²) in [4.78, 5) is 15.4. The third-order valence-electron chi connectivity index (χ3n) is 6.20. The van der Waals surface area contributed by atoms with Crippen LogP contribution in [0.4, 0.5) is 0 Å². The first-order valence-electron chi connectivity index (χ1n) is 12.3. The highest BCUT2D eigenvalue weighted by atomic mass is 32.2. The average Bonchev–Trinajstić information content (AvgIpc) is 3.20. The summed E-state index contributed by atoms with van der Waals surface area (Å²) in [6.45, 7) is 3.27. The molecule has 1 aliphatic heterocycles. The Hall–Kier alpha value is -3.81. The van der Waals surface area contributed by atoms with E-state index in [4.69, 9.17) is 26.4 Å². The molecule has 7 heteroatoms. The summed E-state index contributed by atoms with van der Waals surface area (Å²) in [6.07, 6.45) is 1.85. The normalized spacial score (nSPS) is 14.4. The summed E-state index contributed by atoms with van der Waals surface area (Å²) >= 11 is 6.83. The van der Waals surface area contributed by atoms with Gasteiger partial charge in [-0.2, -0.15) is 0 Å². The lowest BCUT2D eigenvalue weighted by atomic mass is 10.1. The van der Waals surface area contributed by atoms with Gasteiger partial charge in [0.2, 0.25) is 0 Å². The van der Waals surface area contributed by atoms with Crippen LogP contribution in [0.15, 0.2) is 89.8 Å². The molecule has 0 atom stereocenters. The molecule has 0 radical (unpaired) electrons. The van der Waals surface area contributed by atoms with E-state index in [0.717, 1.165) is 22.4 Å². The number of thiocarbonyl (C=S) groups is 1. The van der Waals surface area contributed by atoms with Crippen LogP contribution in [-0.2, 0) is 17.9 Å². The third-order valence-corrected chi connectivity index (χ3v) is 7.58. The molecule has 5 nitrogen and oxygen atoms in total. The molecular weight excluding hydrogens is 514 g/mol. The summed E-state index contributed by atoms with van der Waals surface area (Å²) in [5.74, 6) is 1.96. The van der Waals surface area contributed by atoms with Crippen LogP contribution >= 0.6 is 24.0 Å². The van der Waals surface area contributed by atoms with Gasteiger partial charge in [-0.05, 0) is 64.7 Å². The largest absolute Gasteiger partial charge is 0.497 e. The van der Waals surface area contributed by atoms with Crippen LogP contribution in [0.1, 0.15) is 23.6 Å². The Morgan fingerprint density at radius 1 is 0.921 bits per heavy atom. The minimum Gasteiger partial charge on any atom is -0.497 e. The predicted octanol–water partition coefficient (Wildman–Crippen LogP) is 7.23. The molecule has 5 rings (SSSR count). The van der Waals surface area contributed by atoms with Gasteiger partial charge < -0.3 is 14.2 Å². The standard InChI is InChI=1S/C31H27NO4S2/c1-3-35-28-17-22(13-16-27(28)36-20-24-9-6-8-23-7-4-5-10-26(23)24)18-29-30(33)32(31(37)38-29)19-21-11-14-25(34-2)15-12-21/h4-18H,3,19-20H2,1-2H3/b29-18-. The maximum atomic E-state index is 13.2. The van der Waals surface area contributed by atoms with Crippen LogP contribution in [0.2, 0.25) is 0 Å². The van der Waals surface area contributed by atoms with Crippen LogP contribution in [0.3, 0.4) is 0 Å². The first-order valence-corrected chi connectivity index (χ1v) is 13.5. The second-order valence-corrected chi connectivity index (χ2v) is 10.4. The molecule has 0 unspecified atom stereocenters. The number of carbonyl (C=O) groups is 1. The van der Waals surface area contributed by atoms with Gasteiger partial charge >= 0.3 is 0 Å². The van der Waals surface area contributed by atoms with E-state index in [1.807, 2.05) is 73.7 Å². The van der Waals surface area contributed by atoms with E-state index in [9.17, 15) is 4.79 Å². The zero-order valence-electron chi connectivity index (χ0n) is 21.2. The molecule has 1 fully saturated rings. The molecule has 0 N–H and O–H groups in total. The lowest BCUT2D eigenvalue weighted by Gasteiger charge is -2.15. The van der Waals surface area contributed by atoms with Crippen LogP contribution < -0.4 is 14.2 Å². The molecule has 0 saturated carbocycles. The average molecular weight is 542 g/mol. The topological polar surface area (TPSA) is 48.0 Å². The number of benzene rings is 4. The fourth-order valence-corrected chi connectivity index (χ4v) is 5.53. The summed E-state index contributed by atoms with van der Waals surface area (Å²) in [5, 5.41) is 2.35. The number of methoxy groups -OCH3 is 1. The van der Waals surface area contributed by atoms with Crippen molar-refractivity contribution < 1.29 is 19.0 Å². The number of carbonyl (C=O) groups excluding carboxylic acids is 1. The van der Waals surface area contributed by atoms with E-state index in [1.54, 1.807) is 12.0 Å². The molecule has 1 saturated heterocycles. The molecule has 4 aromatic rings. The number of nitrogens with zero attached hydrogens (tertiary/aromatic N) is 1. The number of amides is 1. The van der Waals surface area contributed by atoms with E-state index in [0.29, 0.717) is 40.5 Å². The summed E-state index contributed by atoms with van der Waals surface area (Å²) < 4.78 is 17.8. The van der Waals surface area contributed by atoms with Crippen molar-refractivity contribution in [2.75, 3.05) is 13.7 Å². The molecule has 192 valence electrons. The first kappa shape index (κ1) is 25.8. The maximum Gasteiger partial charge on any atom is 0.266 e. The lowest BCUT2D eigenvalue weighted by molar-refractivity contribution is -0.122. The van der Waals surface area contributed by atoms with Gasteiger partial charge in [0.05, 0.1) is 25.2 Å². The van der Waals surface area contributed by atoms with Crippen molar-refractivity contribution >= 4 is 51.1 Å². The van der Waals surface area contributed by atoms with Crippen molar-refractivity contribution in [3.8, 4) is 17.2 Å². The number of hydrogen-bond donors (Lipinski definition) is 0. The van der Waals surface area contributed by atoms with E-state index < -0.39 is 0 Å². The Balaban J connectivity index is 1.32. The van der Waals surface area contributed by atoms with E-state index in [1.165, 1.54) is 22.5 Å². The second-order valence-electron chi connectivity index (χ2n) is 8.68. The zero-order chi connectivity index (χ0) is 26.5. The summed E-state index contributed by atoms with van der Waals surface area (Å²) in [6, 6.07) is 27.8. The first-order chi connectivity index (χ1) is 18.6. The Morgan fingerprint density at radius 2 is 1.71 bits per heavy atom. The van der Waals surface area contributed by atoms with Crippen LogP contribution in [-0.4, -0.2) is 28.8 Å². The van der Waals surface area contributed by atoms with Crippen LogP contribution in [0.25, 0.3) is 16.8 Å². The third kappa shape index (κ3) is 5.69. The smallest absolute Gasteiger partial charge is 0.266 e. The van der Waals surface area contributed by atoms with Gasteiger partial charge in [-0.3, -0.25) is 9.69 Å². The van der Waals surface area contributed by atoms with E-state index in [2.05, 4.69) is 24.3 Å². The molecular formula is C31H27NO4S2. The van der Waals surface area contributed by atoms with Gasteiger partial charge in [0, 0.05) is 0 Å². The number of fused-ring (bicyclic) bond motifs is 1. The molecule has 1 amide bonds. The highest BCUT2D eigenvalue weighted by Gasteiger charge is 2.32. The zero-order valence-corrected chi connectivity index (χ0v) is 22.8. The molecule has 0 spiro atoms. The van der Waals surface area contributed by atoms with Crippen molar-refractivity contribution in [3.05, 3.63) is 107 Å². The molecule has 38 heavy (non-hydrogen) atoms. The van der Waals surface area contributed by atoms with Crippen LogP contribution in [0.5, 0.6) is 17.2 Å². The SMILES string of the molecule is CCOc1cc(/C=C2\SC(=S)N(Cc3ccc(OC)cc3)C2=O)ccc1OCc1cccc2ccccc12. The van der Waals surface area contributed by atoms with Gasteiger partial charge in [0.1, 0.15) is 16.7 Å². The predicted molar refractivity (Wildman–Crippen MR) is 158 cm³/mol. The van der Waals surface area contributed by atoms with Gasteiger partial charge in [-0.1, -0.05) is 84.6 Å². The second kappa shape index (κ2) is 11.7. The van der Waals surface area contributed by atoms with Crippen LogP contribution in [0, 0.1) is 0 Å². The highest BCUT2D eigenvalue weighted by molar-refractivity contribution is 8.26. The molecule has 0 bridgehead atoms. The van der Waals surface area contributed by atoms with Crippen molar-refractivity contribution in [1.29, 1.82) is 0 Å². The van der Waals surface area contributed by atoms with Gasteiger partial charge in [0.25, 0.3) is 5.91 Å². The summed E-state index contributed by atoms with van der Waals surface area (Å²) in [7, 11) is 1.63. The van der Waals surface area contributed by atoms with E-state index >= 15 is 0 Å². The fourth-order valence-electron chi connectivity index (χ4n) is 4.28. The van der Waals surface area contributed by atoms with Gasteiger partial charge in [-0.25, -0.2) is 0 Å². The quantitative estimate of drug-likeness (QED) is 0.165. The van der Waals surface area contributed by atoms with Crippen molar-refractivity contribution in [1.82, 2.24) is 4.90 Å². The minimum absolute atomic E-state index is 0.106. The van der Waals surface area contributed by atoms with Crippen molar-refractivity contribution in [3.63, 3.8) is 0 Å². The number of rotatable bonds is 9. The van der Waals surface area contributed by atoms with Gasteiger partial charge in [-0.15, -0.1) is 0 Å². The minimum atomic E-state index is -0.106. The Labute approximate surface area is 232 Å². The van der Waals surface area contributed by atoms with Gasteiger partial charge in [0.15, 0.2) is 11.5 Å². The Kier molecular flexibility index (Phi) is 7.96. The number of ether oxygens (including phenoxy) is 3. The maximum absolute atomic E-state index is 13.2.